The summed E-state index contributed by atoms with van der Waals surface area (Å²) in [5.74, 6) is -0.543. The number of amides is 1. The Bertz CT molecular complexity index is 493. The summed E-state index contributed by atoms with van der Waals surface area (Å²) in [6.45, 7) is 8.78. The minimum atomic E-state index is -0.365. The molecule has 0 atom stereocenters. The van der Waals surface area contributed by atoms with Crippen LogP contribution in [0.3, 0.4) is 0 Å². The number of hydrogen-bond donors (Lipinski definition) is 2. The zero-order valence-corrected chi connectivity index (χ0v) is 10.3. The lowest BCUT2D eigenvalue weighted by molar-refractivity contribution is -0.126. The van der Waals surface area contributed by atoms with Crippen molar-refractivity contribution in [3.8, 4) is 0 Å². The highest BCUT2D eigenvalue weighted by atomic mass is 16.2. The molecule has 0 bridgehead atoms. The summed E-state index contributed by atoms with van der Waals surface area (Å²) < 4.78 is 0. The Morgan fingerprint density at radius 1 is 1.22 bits per heavy atom. The third-order valence-electron chi connectivity index (χ3n) is 2.28. The van der Waals surface area contributed by atoms with Crippen molar-refractivity contribution >= 4 is 29.5 Å². The van der Waals surface area contributed by atoms with Crippen LogP contribution in [0.4, 0.5) is 5.69 Å². The van der Waals surface area contributed by atoms with E-state index in [-0.39, 0.29) is 18.1 Å². The molecule has 0 aliphatic heterocycles. The van der Waals surface area contributed by atoms with Crippen LogP contribution in [0.15, 0.2) is 31.4 Å². The van der Waals surface area contributed by atoms with Crippen LogP contribution in [0.2, 0.25) is 0 Å². The Hall–Kier alpha value is -2.36. The average molecular weight is 244 g/mol. The standard InChI is InChI=1S/C14H16N2O2/c1-4-11-6-7-13(9-12(11)5-2)15-16-14(18)8-10(3)17/h4-7,9,15H,1-2,8H2,3H3,(H,16,18). The van der Waals surface area contributed by atoms with E-state index in [2.05, 4.69) is 24.0 Å². The summed E-state index contributed by atoms with van der Waals surface area (Å²) in [5, 5.41) is 0. The highest BCUT2D eigenvalue weighted by molar-refractivity contribution is 5.97. The lowest BCUT2D eigenvalue weighted by Gasteiger charge is -2.09. The summed E-state index contributed by atoms with van der Waals surface area (Å²) in [5.41, 5.74) is 7.78. The zero-order valence-electron chi connectivity index (χ0n) is 10.3. The maximum Gasteiger partial charge on any atom is 0.245 e. The van der Waals surface area contributed by atoms with Gasteiger partial charge in [-0.25, -0.2) is 0 Å². The van der Waals surface area contributed by atoms with Crippen molar-refractivity contribution in [3.63, 3.8) is 0 Å². The molecular weight excluding hydrogens is 228 g/mol. The van der Waals surface area contributed by atoms with Crippen LogP contribution in [0.1, 0.15) is 24.5 Å². The van der Waals surface area contributed by atoms with E-state index >= 15 is 0 Å². The summed E-state index contributed by atoms with van der Waals surface area (Å²) >= 11 is 0. The fourth-order valence-electron chi connectivity index (χ4n) is 1.43. The van der Waals surface area contributed by atoms with E-state index < -0.39 is 0 Å². The third-order valence-corrected chi connectivity index (χ3v) is 2.28. The van der Waals surface area contributed by atoms with Crippen molar-refractivity contribution in [3.05, 3.63) is 42.5 Å². The summed E-state index contributed by atoms with van der Waals surface area (Å²) in [6.07, 6.45) is 3.31. The molecule has 1 amide bonds. The third kappa shape index (κ3) is 3.90. The first-order chi connectivity index (χ1) is 8.56. The second-order valence-electron chi connectivity index (χ2n) is 3.80. The van der Waals surface area contributed by atoms with Crippen LogP contribution in [-0.4, -0.2) is 11.7 Å². The van der Waals surface area contributed by atoms with Gasteiger partial charge in [-0.1, -0.05) is 31.4 Å². The number of carbonyl (C=O) groups is 2. The van der Waals surface area contributed by atoms with Gasteiger partial charge in [0.1, 0.15) is 5.78 Å². The summed E-state index contributed by atoms with van der Waals surface area (Å²) in [7, 11) is 0. The molecule has 0 spiro atoms. The smallest absolute Gasteiger partial charge is 0.245 e. The molecule has 0 unspecified atom stereocenters. The first kappa shape index (κ1) is 13.7. The van der Waals surface area contributed by atoms with Gasteiger partial charge in [-0.15, -0.1) is 0 Å². The number of carbonyl (C=O) groups excluding carboxylic acids is 2. The van der Waals surface area contributed by atoms with Crippen LogP contribution in [0.25, 0.3) is 12.2 Å². The van der Waals surface area contributed by atoms with Gasteiger partial charge in [0, 0.05) is 0 Å². The Morgan fingerprint density at radius 3 is 2.44 bits per heavy atom. The van der Waals surface area contributed by atoms with E-state index in [0.29, 0.717) is 5.69 Å². The van der Waals surface area contributed by atoms with E-state index in [1.54, 1.807) is 18.2 Å². The number of anilines is 1. The van der Waals surface area contributed by atoms with Crippen molar-refractivity contribution in [2.75, 3.05) is 5.43 Å². The van der Waals surface area contributed by atoms with Gasteiger partial charge in [-0.2, -0.15) is 0 Å². The highest BCUT2D eigenvalue weighted by Gasteiger charge is 2.04. The predicted molar refractivity (Wildman–Crippen MR) is 73.7 cm³/mol. The molecule has 0 aliphatic carbocycles. The molecule has 1 aromatic carbocycles. The van der Waals surface area contributed by atoms with Gasteiger partial charge >= 0.3 is 0 Å². The summed E-state index contributed by atoms with van der Waals surface area (Å²) in [4.78, 5) is 22.0. The van der Waals surface area contributed by atoms with Crippen molar-refractivity contribution in [1.82, 2.24) is 5.43 Å². The van der Waals surface area contributed by atoms with Crippen LogP contribution in [-0.2, 0) is 9.59 Å². The van der Waals surface area contributed by atoms with E-state index in [4.69, 9.17) is 0 Å². The van der Waals surface area contributed by atoms with Crippen LogP contribution in [0.5, 0.6) is 0 Å². The number of benzene rings is 1. The van der Waals surface area contributed by atoms with E-state index in [0.717, 1.165) is 11.1 Å². The van der Waals surface area contributed by atoms with E-state index in [1.165, 1.54) is 6.92 Å². The second-order valence-corrected chi connectivity index (χ2v) is 3.80. The fourth-order valence-corrected chi connectivity index (χ4v) is 1.43. The molecule has 18 heavy (non-hydrogen) atoms. The SMILES string of the molecule is C=Cc1ccc(NNC(=O)CC(C)=O)cc1C=C. The molecule has 94 valence electrons. The number of hydrazine groups is 1. The minimum absolute atomic E-state index is 0.133. The molecular formula is C14H16N2O2. The molecule has 4 nitrogen and oxygen atoms in total. The molecule has 1 rings (SSSR count). The molecule has 2 N–H and O–H groups in total. The number of Topliss-reactive ketones (excluding diaryl/α,β-unsaturated/α-hetero) is 1. The molecule has 0 radical (unpaired) electrons. The predicted octanol–water partition coefficient (Wildman–Crippen LogP) is 2.39. The van der Waals surface area contributed by atoms with Gasteiger partial charge < -0.3 is 0 Å². The molecule has 0 fully saturated rings. The highest BCUT2D eigenvalue weighted by Crippen LogP contribution is 2.17. The van der Waals surface area contributed by atoms with Crippen molar-refractivity contribution in [2.45, 2.75) is 13.3 Å². The van der Waals surface area contributed by atoms with Crippen LogP contribution >= 0.6 is 0 Å². The van der Waals surface area contributed by atoms with Gasteiger partial charge in [0.05, 0.1) is 12.1 Å². The Kier molecular flexibility index (Phi) is 4.87. The van der Waals surface area contributed by atoms with Gasteiger partial charge in [-0.05, 0) is 30.2 Å². The largest absolute Gasteiger partial charge is 0.299 e. The number of hydrogen-bond acceptors (Lipinski definition) is 3. The normalized spacial score (nSPS) is 9.39. The quantitative estimate of drug-likeness (QED) is 0.596. The maximum atomic E-state index is 11.3. The minimum Gasteiger partial charge on any atom is -0.299 e. The molecule has 0 aliphatic rings. The van der Waals surface area contributed by atoms with Crippen LogP contribution < -0.4 is 10.9 Å². The average Bonchev–Trinajstić information content (AvgIpc) is 2.35. The van der Waals surface area contributed by atoms with Crippen molar-refractivity contribution < 1.29 is 9.59 Å². The van der Waals surface area contributed by atoms with Crippen molar-refractivity contribution in [2.24, 2.45) is 0 Å². The molecule has 0 saturated heterocycles. The lowest BCUT2D eigenvalue weighted by Crippen LogP contribution is -2.30. The monoisotopic (exact) mass is 244 g/mol. The molecule has 4 heteroatoms. The molecule has 0 aromatic heterocycles. The Morgan fingerprint density at radius 2 is 1.89 bits per heavy atom. The van der Waals surface area contributed by atoms with Gasteiger partial charge in [-0.3, -0.25) is 20.4 Å². The van der Waals surface area contributed by atoms with Crippen molar-refractivity contribution in [1.29, 1.82) is 0 Å². The topological polar surface area (TPSA) is 58.2 Å². The van der Waals surface area contributed by atoms with Gasteiger partial charge in [0.2, 0.25) is 5.91 Å². The Labute approximate surface area is 106 Å². The van der Waals surface area contributed by atoms with Gasteiger partial charge in [0.15, 0.2) is 0 Å². The number of rotatable bonds is 6. The summed E-state index contributed by atoms with van der Waals surface area (Å²) in [6, 6.07) is 5.50. The molecule has 0 saturated carbocycles. The van der Waals surface area contributed by atoms with E-state index in [1.807, 2.05) is 12.1 Å². The number of nitrogens with one attached hydrogen (secondary N) is 2. The maximum absolute atomic E-state index is 11.3. The zero-order chi connectivity index (χ0) is 13.5. The molecule has 0 heterocycles. The Balaban J connectivity index is 2.68. The first-order valence-electron chi connectivity index (χ1n) is 5.50. The fraction of sp³-hybridized carbons (Fsp3) is 0.143. The van der Waals surface area contributed by atoms with Crippen LogP contribution in [0, 0.1) is 0 Å². The van der Waals surface area contributed by atoms with Gasteiger partial charge in [0.25, 0.3) is 0 Å². The first-order valence-corrected chi connectivity index (χ1v) is 5.50. The second kappa shape index (κ2) is 6.39. The number of ketones is 1. The van der Waals surface area contributed by atoms with E-state index in [9.17, 15) is 9.59 Å². The molecule has 1 aromatic rings. The lowest BCUT2D eigenvalue weighted by atomic mass is 10.1.